The molecule has 80 valence electrons. The smallest absolute Gasteiger partial charge is 0.425 e. The van der Waals surface area contributed by atoms with Gasteiger partial charge in [-0.15, -0.1) is 0 Å². The fourth-order valence-electron chi connectivity index (χ4n) is 0.993. The van der Waals surface area contributed by atoms with Gasteiger partial charge in [-0.2, -0.15) is 13.2 Å². The first-order valence-corrected chi connectivity index (χ1v) is 3.98. The Bertz CT molecular complexity index is 288. The van der Waals surface area contributed by atoms with Gasteiger partial charge in [0.25, 0.3) is 6.23 Å². The maximum absolute atomic E-state index is 12.1. The third-order valence-corrected chi connectivity index (χ3v) is 1.65. The minimum Gasteiger partial charge on any atom is -0.425 e. The quantitative estimate of drug-likeness (QED) is 0.571. The van der Waals surface area contributed by atoms with Crippen LogP contribution in [0.1, 0.15) is 20.8 Å². The Balaban J connectivity index is 2.95. The van der Waals surface area contributed by atoms with Crippen molar-refractivity contribution in [3.05, 3.63) is 0 Å². The highest BCUT2D eigenvalue weighted by Crippen LogP contribution is 2.31. The SMILES string of the molecule is CC(C)(C)C1=NC(C(F)(F)F)OC1=O. The Labute approximate surface area is 79.0 Å². The summed E-state index contributed by atoms with van der Waals surface area (Å²) in [5.74, 6) is -0.986. The van der Waals surface area contributed by atoms with E-state index in [1.165, 1.54) is 0 Å². The van der Waals surface area contributed by atoms with E-state index in [2.05, 4.69) is 9.73 Å². The van der Waals surface area contributed by atoms with E-state index in [9.17, 15) is 18.0 Å². The number of ether oxygens (including phenoxy) is 1. The second kappa shape index (κ2) is 2.96. The highest BCUT2D eigenvalue weighted by Gasteiger charge is 2.49. The predicted octanol–water partition coefficient (Wildman–Crippen LogP) is 1.92. The minimum atomic E-state index is -4.62. The van der Waals surface area contributed by atoms with Crippen molar-refractivity contribution in [1.82, 2.24) is 0 Å². The second-order valence-corrected chi connectivity index (χ2v) is 4.03. The van der Waals surface area contributed by atoms with Crippen LogP contribution in [-0.2, 0) is 9.53 Å². The maximum Gasteiger partial charge on any atom is 0.447 e. The van der Waals surface area contributed by atoms with Gasteiger partial charge in [0.05, 0.1) is 0 Å². The molecule has 6 heteroatoms. The molecular formula is C8H10F3NO2. The summed E-state index contributed by atoms with van der Waals surface area (Å²) in [6.45, 7) is 4.81. The highest BCUT2D eigenvalue weighted by atomic mass is 19.4. The molecule has 0 saturated heterocycles. The third-order valence-electron chi connectivity index (χ3n) is 1.65. The van der Waals surface area contributed by atoms with Gasteiger partial charge in [0.1, 0.15) is 5.71 Å². The third kappa shape index (κ3) is 2.05. The van der Waals surface area contributed by atoms with Crippen molar-refractivity contribution in [2.24, 2.45) is 10.4 Å². The number of carbonyl (C=O) groups excluding carboxylic acids is 1. The number of nitrogens with zero attached hydrogens (tertiary/aromatic N) is 1. The van der Waals surface area contributed by atoms with Gasteiger partial charge in [0, 0.05) is 5.41 Å². The van der Waals surface area contributed by atoms with Crippen molar-refractivity contribution in [3.63, 3.8) is 0 Å². The first kappa shape index (κ1) is 11.0. The van der Waals surface area contributed by atoms with Crippen LogP contribution < -0.4 is 0 Å². The Kier molecular flexibility index (Phi) is 2.33. The Hall–Kier alpha value is -1.07. The molecule has 0 amide bonds. The molecule has 0 radical (unpaired) electrons. The molecule has 0 aromatic carbocycles. The number of hydrogen-bond donors (Lipinski definition) is 0. The molecule has 1 rings (SSSR count). The Morgan fingerprint density at radius 1 is 1.29 bits per heavy atom. The fourth-order valence-corrected chi connectivity index (χ4v) is 0.993. The van der Waals surface area contributed by atoms with Crippen molar-refractivity contribution >= 4 is 11.7 Å². The van der Waals surface area contributed by atoms with Crippen LogP contribution in [-0.4, -0.2) is 24.1 Å². The van der Waals surface area contributed by atoms with E-state index in [4.69, 9.17) is 0 Å². The van der Waals surface area contributed by atoms with Crippen molar-refractivity contribution < 1.29 is 22.7 Å². The number of esters is 1. The van der Waals surface area contributed by atoms with E-state index in [0.29, 0.717) is 0 Å². The largest absolute Gasteiger partial charge is 0.447 e. The molecule has 0 aromatic rings. The van der Waals surface area contributed by atoms with E-state index in [0.717, 1.165) is 0 Å². The topological polar surface area (TPSA) is 38.7 Å². The molecule has 1 aliphatic heterocycles. The van der Waals surface area contributed by atoms with E-state index in [-0.39, 0.29) is 5.71 Å². The molecule has 0 aromatic heterocycles. The van der Waals surface area contributed by atoms with Gasteiger partial charge in [0.2, 0.25) is 0 Å². The van der Waals surface area contributed by atoms with Crippen molar-refractivity contribution in [2.75, 3.05) is 0 Å². The number of halogens is 3. The predicted molar refractivity (Wildman–Crippen MR) is 42.8 cm³/mol. The second-order valence-electron chi connectivity index (χ2n) is 4.03. The van der Waals surface area contributed by atoms with Crippen molar-refractivity contribution in [1.29, 1.82) is 0 Å². The van der Waals surface area contributed by atoms with E-state index < -0.39 is 23.8 Å². The van der Waals surface area contributed by atoms with Crippen LogP contribution in [0.3, 0.4) is 0 Å². The summed E-state index contributed by atoms with van der Waals surface area (Å²) in [4.78, 5) is 14.3. The summed E-state index contributed by atoms with van der Waals surface area (Å²) in [6, 6.07) is 0. The van der Waals surface area contributed by atoms with Gasteiger partial charge >= 0.3 is 12.1 Å². The van der Waals surface area contributed by atoms with Gasteiger partial charge in [-0.3, -0.25) is 0 Å². The monoisotopic (exact) mass is 209 g/mol. The standard InChI is InChI=1S/C8H10F3NO2/c1-7(2,3)4-5(13)14-6(12-4)8(9,10)11/h6H,1-3H3. The molecule has 1 atom stereocenters. The molecule has 0 N–H and O–H groups in total. The number of hydrogen-bond acceptors (Lipinski definition) is 3. The average Bonchev–Trinajstić information content (AvgIpc) is 2.27. The maximum atomic E-state index is 12.1. The summed E-state index contributed by atoms with van der Waals surface area (Å²) >= 11 is 0. The molecule has 0 saturated carbocycles. The summed E-state index contributed by atoms with van der Waals surface area (Å²) < 4.78 is 40.4. The highest BCUT2D eigenvalue weighted by molar-refractivity contribution is 6.39. The minimum absolute atomic E-state index is 0.167. The summed E-state index contributed by atoms with van der Waals surface area (Å²) in [5.41, 5.74) is -0.892. The Morgan fingerprint density at radius 2 is 1.79 bits per heavy atom. The van der Waals surface area contributed by atoms with Crippen LogP contribution in [0.5, 0.6) is 0 Å². The summed E-state index contributed by atoms with van der Waals surface area (Å²) in [6.07, 6.45) is -6.95. The lowest BCUT2D eigenvalue weighted by Crippen LogP contribution is -2.28. The molecule has 0 bridgehead atoms. The number of cyclic esters (lactones) is 1. The fraction of sp³-hybridized carbons (Fsp3) is 0.750. The molecule has 1 aliphatic rings. The van der Waals surface area contributed by atoms with E-state index in [1.807, 2.05) is 0 Å². The number of aliphatic imine (C=N–C) groups is 1. The van der Waals surface area contributed by atoms with Gasteiger partial charge in [0.15, 0.2) is 0 Å². The molecule has 1 unspecified atom stereocenters. The zero-order chi connectivity index (χ0) is 11.1. The van der Waals surface area contributed by atoms with Gasteiger partial charge in [-0.25, -0.2) is 9.79 Å². The molecule has 0 fully saturated rings. The van der Waals surface area contributed by atoms with Crippen LogP contribution >= 0.6 is 0 Å². The van der Waals surface area contributed by atoms with Gasteiger partial charge < -0.3 is 4.74 Å². The summed E-state index contributed by atoms with van der Waals surface area (Å²) in [5, 5.41) is 0. The van der Waals surface area contributed by atoms with Crippen molar-refractivity contribution in [2.45, 2.75) is 33.2 Å². The molecule has 1 heterocycles. The Morgan fingerprint density at radius 3 is 2.00 bits per heavy atom. The van der Waals surface area contributed by atoms with Crippen LogP contribution in [0.2, 0.25) is 0 Å². The lowest BCUT2D eigenvalue weighted by Gasteiger charge is -2.14. The number of carbonyl (C=O) groups is 1. The van der Waals surface area contributed by atoms with Crippen LogP contribution in [0.25, 0.3) is 0 Å². The van der Waals surface area contributed by atoms with Crippen LogP contribution in [0.4, 0.5) is 13.2 Å². The van der Waals surface area contributed by atoms with Crippen LogP contribution in [0.15, 0.2) is 4.99 Å². The number of alkyl halides is 3. The molecule has 3 nitrogen and oxygen atoms in total. The van der Waals surface area contributed by atoms with Gasteiger partial charge in [-0.1, -0.05) is 20.8 Å². The summed E-state index contributed by atoms with van der Waals surface area (Å²) in [7, 11) is 0. The molecule has 14 heavy (non-hydrogen) atoms. The zero-order valence-corrected chi connectivity index (χ0v) is 7.97. The average molecular weight is 209 g/mol. The van der Waals surface area contributed by atoms with Gasteiger partial charge in [-0.05, 0) is 0 Å². The first-order chi connectivity index (χ1) is 6.12. The van der Waals surface area contributed by atoms with E-state index in [1.54, 1.807) is 20.8 Å². The van der Waals surface area contributed by atoms with Crippen molar-refractivity contribution in [3.8, 4) is 0 Å². The first-order valence-electron chi connectivity index (χ1n) is 3.98. The molecule has 0 spiro atoms. The normalized spacial score (nSPS) is 23.4. The lowest BCUT2D eigenvalue weighted by atomic mass is 9.90. The van der Waals surface area contributed by atoms with Crippen LogP contribution in [0, 0.1) is 5.41 Å². The molecular weight excluding hydrogens is 199 g/mol. The lowest BCUT2D eigenvalue weighted by molar-refractivity contribution is -0.210. The zero-order valence-electron chi connectivity index (χ0n) is 7.97. The number of rotatable bonds is 0. The molecule has 0 aliphatic carbocycles. The van der Waals surface area contributed by atoms with E-state index >= 15 is 0 Å².